The Morgan fingerprint density at radius 3 is 1.46 bits per heavy atom. The molecule has 6 nitrogen and oxygen atoms in total. The largest absolute Gasteiger partial charge is 0.490 e. The number of carbonyl (C=O) groups is 2. The van der Waals surface area contributed by atoms with Gasteiger partial charge in [-0.1, -0.05) is 39.8 Å². The zero-order chi connectivity index (χ0) is 27.2. The van der Waals surface area contributed by atoms with E-state index < -0.39 is 23.1 Å². The van der Waals surface area contributed by atoms with Crippen molar-refractivity contribution < 1.29 is 28.5 Å². The average Bonchev–Trinajstić information content (AvgIpc) is 3.15. The standard InChI is InChI=1S/C29H34Cl2O6/c1-17(36-25(30)32)13-34-19-7-9-21-23(11-19)29(15-27(21,3)4)16-28(5,6)22-10-8-20(12-24(22)29)35-14-18(2)37-26(31)33/h7-12,17-18H,13-16H2,1-6H3. The van der Waals surface area contributed by atoms with Gasteiger partial charge in [0.05, 0.1) is 0 Å². The topological polar surface area (TPSA) is 71.1 Å². The summed E-state index contributed by atoms with van der Waals surface area (Å²) in [6, 6.07) is 12.6. The molecule has 0 bridgehead atoms. The molecule has 0 N–H and O–H groups in total. The fourth-order valence-electron chi connectivity index (χ4n) is 6.30. The minimum absolute atomic E-state index is 0.0348. The van der Waals surface area contributed by atoms with Gasteiger partial charge in [0.2, 0.25) is 0 Å². The van der Waals surface area contributed by atoms with E-state index in [0.29, 0.717) is 0 Å². The molecule has 0 heterocycles. The molecule has 2 unspecified atom stereocenters. The lowest BCUT2D eigenvalue weighted by Crippen LogP contribution is -2.27. The fourth-order valence-corrected chi connectivity index (χ4v) is 6.60. The maximum absolute atomic E-state index is 11.0. The minimum Gasteiger partial charge on any atom is -0.490 e. The molecule has 0 saturated heterocycles. The van der Waals surface area contributed by atoms with Gasteiger partial charge in [-0.15, -0.1) is 0 Å². The molecule has 37 heavy (non-hydrogen) atoms. The summed E-state index contributed by atoms with van der Waals surface area (Å²) in [6.07, 6.45) is 0.989. The van der Waals surface area contributed by atoms with Crippen LogP contribution in [0.15, 0.2) is 36.4 Å². The fraction of sp³-hybridized carbons (Fsp3) is 0.517. The van der Waals surface area contributed by atoms with Crippen molar-refractivity contribution in [3.8, 4) is 11.5 Å². The first-order valence-electron chi connectivity index (χ1n) is 12.5. The highest BCUT2D eigenvalue weighted by Gasteiger charge is 2.56. The van der Waals surface area contributed by atoms with E-state index in [1.807, 2.05) is 12.1 Å². The van der Waals surface area contributed by atoms with Crippen molar-refractivity contribution in [1.82, 2.24) is 0 Å². The molecule has 4 rings (SSSR count). The third-order valence-electron chi connectivity index (χ3n) is 7.52. The average molecular weight is 549 g/mol. The smallest absolute Gasteiger partial charge is 0.404 e. The number of rotatable bonds is 8. The van der Waals surface area contributed by atoms with Gasteiger partial charge in [0, 0.05) is 28.6 Å². The Labute approximate surface area is 228 Å². The number of fused-ring (bicyclic) bond motifs is 4. The van der Waals surface area contributed by atoms with Crippen LogP contribution in [0.5, 0.6) is 11.5 Å². The number of hydrogen-bond donors (Lipinski definition) is 0. The zero-order valence-corrected chi connectivity index (χ0v) is 23.7. The Kier molecular flexibility index (Phi) is 7.48. The predicted molar refractivity (Wildman–Crippen MR) is 144 cm³/mol. The number of hydrogen-bond acceptors (Lipinski definition) is 6. The molecule has 2 atom stereocenters. The Morgan fingerprint density at radius 1 is 0.730 bits per heavy atom. The summed E-state index contributed by atoms with van der Waals surface area (Å²) >= 11 is 10.7. The van der Waals surface area contributed by atoms with Crippen LogP contribution >= 0.6 is 23.2 Å². The lowest BCUT2D eigenvalue weighted by Gasteiger charge is -2.31. The van der Waals surface area contributed by atoms with Gasteiger partial charge in [0.25, 0.3) is 0 Å². The van der Waals surface area contributed by atoms with Crippen LogP contribution in [0.4, 0.5) is 9.59 Å². The number of carbonyl (C=O) groups excluding carboxylic acids is 2. The maximum Gasteiger partial charge on any atom is 0.404 e. The van der Waals surface area contributed by atoms with Crippen molar-refractivity contribution >= 4 is 34.1 Å². The summed E-state index contributed by atoms with van der Waals surface area (Å²) in [5, 5.41) is 0. The molecule has 2 aromatic rings. The molecule has 0 aromatic heterocycles. The van der Waals surface area contributed by atoms with E-state index >= 15 is 0 Å². The molecule has 2 aliphatic carbocycles. The van der Waals surface area contributed by atoms with Gasteiger partial charge in [-0.3, -0.25) is 0 Å². The van der Waals surface area contributed by atoms with Crippen molar-refractivity contribution in [2.24, 2.45) is 0 Å². The summed E-state index contributed by atoms with van der Waals surface area (Å²) in [6.45, 7) is 13.0. The Bertz CT molecular complexity index is 1110. The maximum atomic E-state index is 11.0. The second-order valence-corrected chi connectivity index (χ2v) is 12.2. The van der Waals surface area contributed by atoms with E-state index in [2.05, 4.69) is 52.0 Å². The van der Waals surface area contributed by atoms with Crippen LogP contribution in [-0.2, 0) is 25.7 Å². The first kappa shape index (κ1) is 27.6. The zero-order valence-electron chi connectivity index (χ0n) is 22.2. The quantitative estimate of drug-likeness (QED) is 0.316. The summed E-state index contributed by atoms with van der Waals surface area (Å²) in [5.41, 5.74) is 3.15. The highest BCUT2D eigenvalue weighted by atomic mass is 35.5. The monoisotopic (exact) mass is 548 g/mol. The van der Waals surface area contributed by atoms with E-state index in [1.54, 1.807) is 13.8 Å². The molecule has 0 radical (unpaired) electrons. The highest BCUT2D eigenvalue weighted by molar-refractivity contribution is 6.61. The lowest BCUT2D eigenvalue weighted by atomic mass is 9.72. The molecule has 0 aliphatic heterocycles. The van der Waals surface area contributed by atoms with Crippen LogP contribution in [0.25, 0.3) is 0 Å². The first-order valence-corrected chi connectivity index (χ1v) is 13.3. The molecular weight excluding hydrogens is 515 g/mol. The predicted octanol–water partition coefficient (Wildman–Crippen LogP) is 7.62. The first-order chi connectivity index (χ1) is 17.2. The normalized spacial score (nSPS) is 22.1. The molecule has 200 valence electrons. The van der Waals surface area contributed by atoms with Gasteiger partial charge >= 0.3 is 10.9 Å². The molecule has 2 aliphatic rings. The van der Waals surface area contributed by atoms with Crippen molar-refractivity contribution in [1.29, 1.82) is 0 Å². The van der Waals surface area contributed by atoms with Crippen molar-refractivity contribution in [2.75, 3.05) is 13.2 Å². The molecule has 0 amide bonds. The molecular formula is C29H34Cl2O6. The number of ether oxygens (including phenoxy) is 4. The summed E-state index contributed by atoms with van der Waals surface area (Å²) in [5.74, 6) is 1.45. The van der Waals surface area contributed by atoms with Crippen LogP contribution < -0.4 is 9.47 Å². The number of benzene rings is 2. The van der Waals surface area contributed by atoms with Gasteiger partial charge in [0.15, 0.2) is 0 Å². The van der Waals surface area contributed by atoms with Gasteiger partial charge in [-0.05, 0) is 84.0 Å². The molecule has 0 fully saturated rings. The minimum atomic E-state index is -0.844. The summed E-state index contributed by atoms with van der Waals surface area (Å²) in [7, 11) is 0. The van der Waals surface area contributed by atoms with Crippen LogP contribution in [0.1, 0.15) is 76.6 Å². The highest BCUT2D eigenvalue weighted by Crippen LogP contribution is 2.63. The lowest BCUT2D eigenvalue weighted by molar-refractivity contribution is 0.0933. The van der Waals surface area contributed by atoms with Crippen LogP contribution in [0.2, 0.25) is 0 Å². The van der Waals surface area contributed by atoms with Crippen molar-refractivity contribution in [3.63, 3.8) is 0 Å². The number of halogens is 2. The molecule has 8 heteroatoms. The Balaban J connectivity index is 1.69. The van der Waals surface area contributed by atoms with Crippen molar-refractivity contribution in [2.45, 2.75) is 82.8 Å². The Hall–Kier alpha value is -2.44. The Morgan fingerprint density at radius 2 is 1.11 bits per heavy atom. The van der Waals surface area contributed by atoms with Crippen LogP contribution in [0.3, 0.4) is 0 Å². The van der Waals surface area contributed by atoms with E-state index in [0.717, 1.165) is 24.3 Å². The van der Waals surface area contributed by atoms with Gasteiger partial charge in [-0.2, -0.15) is 0 Å². The van der Waals surface area contributed by atoms with E-state index in [4.69, 9.17) is 42.1 Å². The summed E-state index contributed by atoms with van der Waals surface area (Å²) < 4.78 is 22.0. The molecule has 1 spiro atoms. The SMILES string of the molecule is CC(COc1ccc2c(c1)C1(CC2(C)C)CC(C)(C)c2ccc(OCC(C)OC(=O)Cl)cc21)OC(=O)Cl. The van der Waals surface area contributed by atoms with Gasteiger partial charge in [-0.25, -0.2) is 9.59 Å². The van der Waals surface area contributed by atoms with Crippen molar-refractivity contribution in [3.05, 3.63) is 58.7 Å². The summed E-state index contributed by atoms with van der Waals surface area (Å²) in [4.78, 5) is 22.1. The van der Waals surface area contributed by atoms with Gasteiger partial charge < -0.3 is 18.9 Å². The van der Waals surface area contributed by atoms with Crippen LogP contribution in [0, 0.1) is 0 Å². The van der Waals surface area contributed by atoms with Gasteiger partial charge in [0.1, 0.15) is 36.9 Å². The third-order valence-corrected chi connectivity index (χ3v) is 7.69. The van der Waals surface area contributed by atoms with Crippen LogP contribution in [-0.4, -0.2) is 36.3 Å². The van der Waals surface area contributed by atoms with E-state index in [9.17, 15) is 9.59 Å². The van der Waals surface area contributed by atoms with E-state index in [1.165, 1.54) is 22.3 Å². The molecule has 0 saturated carbocycles. The third kappa shape index (κ3) is 5.56. The second kappa shape index (κ2) is 10.0. The second-order valence-electron chi connectivity index (χ2n) is 11.6. The van der Waals surface area contributed by atoms with E-state index in [-0.39, 0.29) is 29.5 Å². The molecule has 2 aromatic carbocycles.